The molecule has 1 aromatic rings. The van der Waals surface area contributed by atoms with Gasteiger partial charge in [-0.15, -0.1) is 11.3 Å². The fraction of sp³-hybridized carbons (Fsp3) is 0.700. The van der Waals surface area contributed by atoms with Crippen LogP contribution in [0.3, 0.4) is 0 Å². The van der Waals surface area contributed by atoms with Gasteiger partial charge in [0, 0.05) is 43.6 Å². The molecule has 2 aliphatic rings. The van der Waals surface area contributed by atoms with E-state index in [1.54, 1.807) is 11.3 Å². The number of fused-ring (bicyclic) bond motifs is 1. The van der Waals surface area contributed by atoms with Gasteiger partial charge in [0.25, 0.3) is 5.91 Å². The Morgan fingerprint density at radius 3 is 2.77 bits per heavy atom. The lowest BCUT2D eigenvalue weighted by Gasteiger charge is -2.31. The number of nitrogens with zero attached hydrogens (tertiary/aromatic N) is 1. The van der Waals surface area contributed by atoms with Gasteiger partial charge >= 0.3 is 0 Å². The lowest BCUT2D eigenvalue weighted by molar-refractivity contribution is -0.126. The quantitative estimate of drug-likeness (QED) is 0.742. The van der Waals surface area contributed by atoms with Gasteiger partial charge in [-0.2, -0.15) is 0 Å². The largest absolute Gasteiger partial charge is 0.382 e. The standard InChI is InChI=1S/C20H30N2O3S/c1-2-25-13-5-10-21-19(23)15-8-11-22(12-9-15)20(24)18-14-16-6-3-4-7-17(16)26-18/h14-15H,2-13H2,1H3,(H,21,23). The van der Waals surface area contributed by atoms with E-state index in [1.165, 1.54) is 23.3 Å². The fourth-order valence-corrected chi connectivity index (χ4v) is 4.99. The Kier molecular flexibility index (Phi) is 7.08. The van der Waals surface area contributed by atoms with E-state index in [9.17, 15) is 9.59 Å². The van der Waals surface area contributed by atoms with Gasteiger partial charge in [-0.3, -0.25) is 9.59 Å². The molecule has 144 valence electrons. The minimum Gasteiger partial charge on any atom is -0.382 e. The monoisotopic (exact) mass is 378 g/mol. The first-order valence-corrected chi connectivity index (χ1v) is 10.8. The number of likely N-dealkylation sites (tertiary alicyclic amines) is 1. The Bertz CT molecular complexity index is 597. The molecule has 1 aliphatic carbocycles. The molecule has 0 unspecified atom stereocenters. The number of carbonyl (C=O) groups excluding carboxylic acids is 2. The van der Waals surface area contributed by atoms with E-state index in [-0.39, 0.29) is 17.7 Å². The van der Waals surface area contributed by atoms with E-state index in [4.69, 9.17) is 4.74 Å². The number of amides is 2. The van der Waals surface area contributed by atoms with Crippen LogP contribution in [0, 0.1) is 5.92 Å². The van der Waals surface area contributed by atoms with Crippen LogP contribution in [-0.2, 0) is 22.4 Å². The van der Waals surface area contributed by atoms with Crippen molar-refractivity contribution in [1.82, 2.24) is 10.2 Å². The van der Waals surface area contributed by atoms with E-state index >= 15 is 0 Å². The normalized spacial score (nSPS) is 17.8. The van der Waals surface area contributed by atoms with Crippen molar-refractivity contribution in [3.05, 3.63) is 21.4 Å². The summed E-state index contributed by atoms with van der Waals surface area (Å²) in [6.45, 7) is 5.40. The number of nitrogens with one attached hydrogen (secondary N) is 1. The molecule has 1 N–H and O–H groups in total. The average Bonchev–Trinajstić information content (AvgIpc) is 3.11. The van der Waals surface area contributed by atoms with Crippen LogP contribution in [0.4, 0.5) is 0 Å². The van der Waals surface area contributed by atoms with E-state index in [0.717, 1.165) is 37.0 Å². The molecule has 1 fully saturated rings. The molecule has 0 spiro atoms. The van der Waals surface area contributed by atoms with E-state index < -0.39 is 0 Å². The van der Waals surface area contributed by atoms with Gasteiger partial charge in [0.2, 0.25) is 5.91 Å². The topological polar surface area (TPSA) is 58.6 Å². The van der Waals surface area contributed by atoms with Gasteiger partial charge in [-0.1, -0.05) is 0 Å². The van der Waals surface area contributed by atoms with Crippen LogP contribution in [0.25, 0.3) is 0 Å². The summed E-state index contributed by atoms with van der Waals surface area (Å²) >= 11 is 1.68. The van der Waals surface area contributed by atoms with Crippen molar-refractivity contribution in [1.29, 1.82) is 0 Å². The maximum absolute atomic E-state index is 12.8. The second kappa shape index (κ2) is 9.51. The van der Waals surface area contributed by atoms with Crippen molar-refractivity contribution < 1.29 is 14.3 Å². The van der Waals surface area contributed by atoms with Crippen molar-refractivity contribution in [2.45, 2.75) is 51.9 Å². The Morgan fingerprint density at radius 1 is 1.27 bits per heavy atom. The predicted octanol–water partition coefficient (Wildman–Crippen LogP) is 3.02. The Labute approximate surface area is 160 Å². The number of rotatable bonds is 7. The Hall–Kier alpha value is -1.40. The highest BCUT2D eigenvalue weighted by Gasteiger charge is 2.29. The summed E-state index contributed by atoms with van der Waals surface area (Å²) in [7, 11) is 0. The molecule has 0 atom stereocenters. The van der Waals surface area contributed by atoms with Crippen LogP contribution in [0.5, 0.6) is 0 Å². The van der Waals surface area contributed by atoms with Crippen LogP contribution >= 0.6 is 11.3 Å². The zero-order valence-electron chi connectivity index (χ0n) is 15.7. The fourth-order valence-electron chi connectivity index (χ4n) is 3.77. The van der Waals surface area contributed by atoms with Gasteiger partial charge in [-0.25, -0.2) is 0 Å². The molecule has 0 saturated carbocycles. The van der Waals surface area contributed by atoms with Gasteiger partial charge < -0.3 is 15.0 Å². The molecule has 1 aromatic heterocycles. The number of aryl methyl sites for hydroxylation is 2. The minimum atomic E-state index is 0.0303. The molecule has 0 aromatic carbocycles. The lowest BCUT2D eigenvalue weighted by Crippen LogP contribution is -2.43. The van der Waals surface area contributed by atoms with Gasteiger partial charge in [0.05, 0.1) is 4.88 Å². The number of carbonyl (C=O) groups is 2. The first-order valence-electron chi connectivity index (χ1n) is 9.95. The summed E-state index contributed by atoms with van der Waals surface area (Å²) in [4.78, 5) is 29.3. The van der Waals surface area contributed by atoms with Crippen LogP contribution in [-0.4, -0.2) is 49.6 Å². The van der Waals surface area contributed by atoms with Crippen molar-refractivity contribution >= 4 is 23.2 Å². The molecule has 5 nitrogen and oxygen atoms in total. The predicted molar refractivity (Wildman–Crippen MR) is 104 cm³/mol. The zero-order chi connectivity index (χ0) is 18.4. The van der Waals surface area contributed by atoms with Crippen LogP contribution < -0.4 is 5.32 Å². The molecule has 2 amide bonds. The SMILES string of the molecule is CCOCCCNC(=O)C1CCN(C(=O)c2cc3c(s2)CCCC3)CC1. The van der Waals surface area contributed by atoms with Crippen molar-refractivity contribution in [2.24, 2.45) is 5.92 Å². The average molecular weight is 379 g/mol. The minimum absolute atomic E-state index is 0.0303. The lowest BCUT2D eigenvalue weighted by atomic mass is 9.95. The van der Waals surface area contributed by atoms with E-state index in [1.807, 2.05) is 11.8 Å². The maximum atomic E-state index is 12.8. The molecule has 0 radical (unpaired) electrons. The molecule has 0 bridgehead atoms. The van der Waals surface area contributed by atoms with Crippen molar-refractivity contribution in [3.8, 4) is 0 Å². The molecule has 1 saturated heterocycles. The van der Waals surface area contributed by atoms with Crippen LogP contribution in [0.1, 0.15) is 59.1 Å². The first-order chi connectivity index (χ1) is 12.7. The number of hydrogen-bond donors (Lipinski definition) is 1. The smallest absolute Gasteiger partial charge is 0.263 e. The zero-order valence-corrected chi connectivity index (χ0v) is 16.5. The summed E-state index contributed by atoms with van der Waals surface area (Å²) in [5, 5.41) is 3.00. The van der Waals surface area contributed by atoms with Gasteiger partial charge in [0.1, 0.15) is 0 Å². The number of thiophene rings is 1. The molecular weight excluding hydrogens is 348 g/mol. The maximum Gasteiger partial charge on any atom is 0.263 e. The highest BCUT2D eigenvalue weighted by Crippen LogP contribution is 2.31. The molecular formula is C20H30N2O3S. The second-order valence-electron chi connectivity index (χ2n) is 7.17. The van der Waals surface area contributed by atoms with Gasteiger partial charge in [-0.05, 0) is 63.5 Å². The van der Waals surface area contributed by atoms with E-state index in [0.29, 0.717) is 32.8 Å². The Balaban J connectivity index is 1.43. The summed E-state index contributed by atoms with van der Waals surface area (Å²) in [6.07, 6.45) is 7.08. The summed E-state index contributed by atoms with van der Waals surface area (Å²) < 4.78 is 5.28. The third-order valence-electron chi connectivity index (χ3n) is 5.33. The van der Waals surface area contributed by atoms with Crippen molar-refractivity contribution in [2.75, 3.05) is 32.8 Å². The van der Waals surface area contributed by atoms with E-state index in [2.05, 4.69) is 11.4 Å². The number of hydrogen-bond acceptors (Lipinski definition) is 4. The third kappa shape index (κ3) is 4.86. The van der Waals surface area contributed by atoms with Gasteiger partial charge in [0.15, 0.2) is 0 Å². The summed E-state index contributed by atoms with van der Waals surface area (Å²) in [5.74, 6) is 0.308. The molecule has 2 heterocycles. The molecule has 26 heavy (non-hydrogen) atoms. The molecule has 1 aliphatic heterocycles. The third-order valence-corrected chi connectivity index (χ3v) is 6.55. The molecule has 6 heteroatoms. The highest BCUT2D eigenvalue weighted by molar-refractivity contribution is 7.14. The number of piperidine rings is 1. The summed E-state index contributed by atoms with van der Waals surface area (Å²) in [6, 6.07) is 2.11. The number of ether oxygens (including phenoxy) is 1. The highest BCUT2D eigenvalue weighted by atomic mass is 32.1. The van der Waals surface area contributed by atoms with Crippen molar-refractivity contribution in [3.63, 3.8) is 0 Å². The molecule has 3 rings (SSSR count). The second-order valence-corrected chi connectivity index (χ2v) is 8.31. The summed E-state index contributed by atoms with van der Waals surface area (Å²) in [5.41, 5.74) is 1.38. The first kappa shape index (κ1) is 19.4. The van der Waals surface area contributed by atoms with Crippen LogP contribution in [0.2, 0.25) is 0 Å². The Morgan fingerprint density at radius 2 is 2.04 bits per heavy atom. The van der Waals surface area contributed by atoms with Crippen LogP contribution in [0.15, 0.2) is 6.07 Å².